The first-order chi connectivity index (χ1) is 10.2. The topological polar surface area (TPSA) is 72.8 Å². The number of hydrogen-bond donors (Lipinski definition) is 0. The zero-order valence-electron chi connectivity index (χ0n) is 10.9. The van der Waals surface area contributed by atoms with Crippen molar-refractivity contribution in [2.45, 2.75) is 10.1 Å². The van der Waals surface area contributed by atoms with E-state index in [4.69, 9.17) is 0 Å². The molecule has 0 atom stereocenters. The van der Waals surface area contributed by atoms with Crippen molar-refractivity contribution in [2.24, 2.45) is 0 Å². The van der Waals surface area contributed by atoms with Gasteiger partial charge in [0.1, 0.15) is 5.69 Å². The van der Waals surface area contributed by atoms with Crippen molar-refractivity contribution >= 4 is 9.84 Å². The van der Waals surface area contributed by atoms with E-state index in [0.29, 0.717) is 5.69 Å². The van der Waals surface area contributed by atoms with Crippen LogP contribution in [0.3, 0.4) is 0 Å². The normalized spacial score (nSPS) is 11.2. The smallest absolute Gasteiger partial charge is 0.223 e. The highest BCUT2D eigenvalue weighted by Crippen LogP contribution is 2.18. The molecule has 0 saturated carbocycles. The summed E-state index contributed by atoms with van der Waals surface area (Å²) in [5.41, 5.74) is 1.36. The number of aromatic nitrogens is 3. The van der Waals surface area contributed by atoms with Gasteiger partial charge in [-0.3, -0.25) is 0 Å². The molecule has 0 aliphatic rings. The van der Waals surface area contributed by atoms with Crippen molar-refractivity contribution in [3.05, 3.63) is 66.9 Å². The molecule has 104 valence electrons. The fourth-order valence-corrected chi connectivity index (χ4v) is 2.90. The van der Waals surface area contributed by atoms with Crippen LogP contribution in [0.15, 0.2) is 76.9 Å². The van der Waals surface area contributed by atoms with Crippen LogP contribution >= 0.6 is 0 Å². The summed E-state index contributed by atoms with van der Waals surface area (Å²) in [6, 6.07) is 17.4. The van der Waals surface area contributed by atoms with E-state index in [-0.39, 0.29) is 10.1 Å². The number of nitrogens with zero attached hydrogens (tertiary/aromatic N) is 3. The molecule has 0 amide bonds. The summed E-state index contributed by atoms with van der Waals surface area (Å²) in [6.07, 6.45) is 1.41. The van der Waals surface area contributed by atoms with Crippen molar-refractivity contribution in [3.63, 3.8) is 0 Å². The molecule has 0 spiro atoms. The Bertz CT molecular complexity index is 833. The molecule has 1 aromatic heterocycles. The van der Waals surface area contributed by atoms with Gasteiger partial charge < -0.3 is 0 Å². The van der Waals surface area contributed by atoms with Gasteiger partial charge in [-0.2, -0.15) is 0 Å². The highest BCUT2D eigenvalue weighted by atomic mass is 32.2. The number of sulfone groups is 1. The molecule has 3 rings (SSSR count). The lowest BCUT2D eigenvalue weighted by molar-refractivity contribution is 0.583. The van der Waals surface area contributed by atoms with Gasteiger partial charge in [0.15, 0.2) is 0 Å². The quantitative estimate of drug-likeness (QED) is 0.742. The molecule has 1 heterocycles. The maximum atomic E-state index is 12.3. The Morgan fingerprint density at radius 1 is 0.762 bits per heavy atom. The highest BCUT2D eigenvalue weighted by Gasteiger charge is 2.21. The van der Waals surface area contributed by atoms with Crippen LogP contribution in [0.5, 0.6) is 0 Å². The third-order valence-corrected chi connectivity index (χ3v) is 4.46. The van der Waals surface area contributed by atoms with Gasteiger partial charge in [-0.1, -0.05) is 48.5 Å². The van der Waals surface area contributed by atoms with Gasteiger partial charge in [0, 0.05) is 5.56 Å². The van der Waals surface area contributed by atoms with Crippen LogP contribution in [0, 0.1) is 0 Å². The summed E-state index contributed by atoms with van der Waals surface area (Å²) in [6.45, 7) is 0. The van der Waals surface area contributed by atoms with E-state index in [0.717, 1.165) is 5.56 Å². The Balaban J connectivity index is 1.99. The van der Waals surface area contributed by atoms with E-state index in [1.807, 2.05) is 30.3 Å². The molecule has 0 bridgehead atoms. The molecule has 3 aromatic rings. The van der Waals surface area contributed by atoms with E-state index >= 15 is 0 Å². The first-order valence-corrected chi connectivity index (χ1v) is 7.71. The van der Waals surface area contributed by atoms with Crippen LogP contribution in [0.25, 0.3) is 11.3 Å². The highest BCUT2D eigenvalue weighted by molar-refractivity contribution is 7.91. The molecule has 0 aliphatic heterocycles. The molecule has 5 nitrogen and oxygen atoms in total. The second-order valence-corrected chi connectivity index (χ2v) is 6.15. The Morgan fingerprint density at radius 2 is 1.38 bits per heavy atom. The second kappa shape index (κ2) is 5.41. The molecule has 21 heavy (non-hydrogen) atoms. The summed E-state index contributed by atoms with van der Waals surface area (Å²) in [7, 11) is -3.72. The van der Waals surface area contributed by atoms with Crippen LogP contribution in [-0.4, -0.2) is 23.6 Å². The van der Waals surface area contributed by atoms with Crippen molar-refractivity contribution < 1.29 is 8.42 Å². The second-order valence-electron chi connectivity index (χ2n) is 4.31. The van der Waals surface area contributed by atoms with Gasteiger partial charge in [0.05, 0.1) is 11.1 Å². The lowest BCUT2D eigenvalue weighted by atomic mass is 10.2. The van der Waals surface area contributed by atoms with E-state index in [1.54, 1.807) is 18.2 Å². The molecule has 0 unspecified atom stereocenters. The molecular formula is C15H11N3O2S. The summed E-state index contributed by atoms with van der Waals surface area (Å²) in [5, 5.41) is 7.41. The monoisotopic (exact) mass is 297 g/mol. The SMILES string of the molecule is O=S(=O)(c1ccccc1)c1ncc(-c2ccccc2)nn1. The Labute approximate surface area is 122 Å². The zero-order chi connectivity index (χ0) is 14.7. The van der Waals surface area contributed by atoms with E-state index in [2.05, 4.69) is 15.2 Å². The maximum Gasteiger partial charge on any atom is 0.272 e. The van der Waals surface area contributed by atoms with Crippen LogP contribution in [0.1, 0.15) is 0 Å². The fraction of sp³-hybridized carbons (Fsp3) is 0. The molecule has 0 N–H and O–H groups in total. The van der Waals surface area contributed by atoms with Gasteiger partial charge in [-0.25, -0.2) is 13.4 Å². The van der Waals surface area contributed by atoms with Crippen molar-refractivity contribution in [2.75, 3.05) is 0 Å². The predicted octanol–water partition coefficient (Wildman–Crippen LogP) is 2.37. The molecular weight excluding hydrogens is 286 g/mol. The molecule has 0 radical (unpaired) electrons. The first-order valence-electron chi connectivity index (χ1n) is 6.23. The third kappa shape index (κ3) is 2.66. The summed E-state index contributed by atoms with van der Waals surface area (Å²) in [4.78, 5) is 4.09. The third-order valence-electron chi connectivity index (χ3n) is 2.90. The Hall–Kier alpha value is -2.60. The van der Waals surface area contributed by atoms with E-state index in [9.17, 15) is 8.42 Å². The van der Waals surface area contributed by atoms with Gasteiger partial charge in [0.2, 0.25) is 9.84 Å². The van der Waals surface area contributed by atoms with Crippen molar-refractivity contribution in [1.29, 1.82) is 0 Å². The van der Waals surface area contributed by atoms with E-state index < -0.39 is 9.84 Å². The Morgan fingerprint density at radius 3 is 1.95 bits per heavy atom. The molecule has 2 aromatic carbocycles. The lowest BCUT2D eigenvalue weighted by Gasteiger charge is -2.03. The average Bonchev–Trinajstić information content (AvgIpc) is 2.57. The Kier molecular flexibility index (Phi) is 3.45. The average molecular weight is 297 g/mol. The van der Waals surface area contributed by atoms with Crippen LogP contribution in [0.4, 0.5) is 0 Å². The van der Waals surface area contributed by atoms with Crippen LogP contribution in [0.2, 0.25) is 0 Å². The number of benzene rings is 2. The largest absolute Gasteiger partial charge is 0.272 e. The van der Waals surface area contributed by atoms with Gasteiger partial charge in [-0.15, -0.1) is 10.2 Å². The lowest BCUT2D eigenvalue weighted by Crippen LogP contribution is -2.08. The minimum absolute atomic E-state index is 0.152. The van der Waals surface area contributed by atoms with Crippen LogP contribution < -0.4 is 0 Å². The summed E-state index contributed by atoms with van der Waals surface area (Å²) >= 11 is 0. The number of hydrogen-bond acceptors (Lipinski definition) is 5. The number of rotatable bonds is 3. The summed E-state index contributed by atoms with van der Waals surface area (Å²) in [5.74, 6) is 0. The van der Waals surface area contributed by atoms with Crippen molar-refractivity contribution in [3.8, 4) is 11.3 Å². The minimum Gasteiger partial charge on any atom is -0.223 e. The molecule has 0 saturated heterocycles. The van der Waals surface area contributed by atoms with Gasteiger partial charge in [0.25, 0.3) is 5.16 Å². The van der Waals surface area contributed by atoms with Gasteiger partial charge >= 0.3 is 0 Å². The summed E-state index contributed by atoms with van der Waals surface area (Å²) < 4.78 is 24.6. The standard InChI is InChI=1S/C15H11N3O2S/c19-21(20,13-9-5-2-6-10-13)15-16-11-14(17-18-15)12-7-3-1-4-8-12/h1-11H. The van der Waals surface area contributed by atoms with Crippen LogP contribution in [-0.2, 0) is 9.84 Å². The van der Waals surface area contributed by atoms with Gasteiger partial charge in [-0.05, 0) is 12.1 Å². The minimum atomic E-state index is -3.72. The molecule has 6 heteroatoms. The first kappa shape index (κ1) is 13.4. The molecule has 0 fully saturated rings. The maximum absolute atomic E-state index is 12.3. The zero-order valence-corrected chi connectivity index (χ0v) is 11.7. The fourth-order valence-electron chi connectivity index (χ4n) is 1.83. The van der Waals surface area contributed by atoms with E-state index in [1.165, 1.54) is 18.3 Å². The molecule has 0 aliphatic carbocycles. The van der Waals surface area contributed by atoms with Crippen molar-refractivity contribution in [1.82, 2.24) is 15.2 Å². The predicted molar refractivity (Wildman–Crippen MR) is 77.2 cm³/mol.